The van der Waals surface area contributed by atoms with E-state index in [0.717, 1.165) is 6.42 Å². The van der Waals surface area contributed by atoms with E-state index in [2.05, 4.69) is 10.6 Å². The minimum atomic E-state index is -0.423. The van der Waals surface area contributed by atoms with Crippen LogP contribution in [0.15, 0.2) is 0 Å². The van der Waals surface area contributed by atoms with E-state index < -0.39 is 6.04 Å². The molecule has 1 saturated heterocycles. The first-order chi connectivity index (χ1) is 11.2. The van der Waals surface area contributed by atoms with Crippen molar-refractivity contribution in [3.63, 3.8) is 0 Å². The lowest BCUT2D eigenvalue weighted by Gasteiger charge is -2.30. The monoisotopic (exact) mass is 325 g/mol. The van der Waals surface area contributed by atoms with E-state index >= 15 is 0 Å². The Morgan fingerprint density at radius 3 is 2.39 bits per heavy atom. The molecule has 2 aliphatic rings. The highest BCUT2D eigenvalue weighted by atomic mass is 16.5. The summed E-state index contributed by atoms with van der Waals surface area (Å²) in [6, 6.07) is -0.563. The molecule has 23 heavy (non-hydrogen) atoms. The van der Waals surface area contributed by atoms with Crippen LogP contribution in [0.2, 0.25) is 0 Å². The molecule has 2 fully saturated rings. The summed E-state index contributed by atoms with van der Waals surface area (Å²) in [7, 11) is 0. The predicted octanol–water partition coefficient (Wildman–Crippen LogP) is 1.89. The van der Waals surface area contributed by atoms with Gasteiger partial charge < -0.3 is 20.3 Å². The summed E-state index contributed by atoms with van der Waals surface area (Å²) in [4.78, 5) is 26.5. The van der Waals surface area contributed by atoms with Crippen LogP contribution in [-0.2, 0) is 9.53 Å². The van der Waals surface area contributed by atoms with Crippen LogP contribution < -0.4 is 10.6 Å². The number of amides is 3. The molecule has 1 atom stereocenters. The summed E-state index contributed by atoms with van der Waals surface area (Å²) in [5.74, 6) is 0.480. The van der Waals surface area contributed by atoms with Crippen molar-refractivity contribution in [2.75, 3.05) is 32.8 Å². The highest BCUT2D eigenvalue weighted by molar-refractivity contribution is 5.87. The second-order valence-corrected chi connectivity index (χ2v) is 6.59. The van der Waals surface area contributed by atoms with Gasteiger partial charge in [-0.2, -0.15) is 0 Å². The number of urea groups is 1. The van der Waals surface area contributed by atoms with Gasteiger partial charge in [-0.15, -0.1) is 0 Å². The molecule has 132 valence electrons. The summed E-state index contributed by atoms with van der Waals surface area (Å²) in [5.41, 5.74) is 0. The molecule has 3 amide bonds. The molecule has 0 unspecified atom stereocenters. The first-order valence-electron chi connectivity index (χ1n) is 9.11. The van der Waals surface area contributed by atoms with Crippen LogP contribution in [0, 0.1) is 5.92 Å². The van der Waals surface area contributed by atoms with Gasteiger partial charge in [0, 0.05) is 19.6 Å². The molecule has 2 N–H and O–H groups in total. The fraction of sp³-hybridized carbons (Fsp3) is 0.882. The fourth-order valence-corrected chi connectivity index (χ4v) is 3.47. The Bertz CT molecular complexity index is 375. The third-order valence-corrected chi connectivity index (χ3v) is 4.81. The molecule has 6 heteroatoms. The zero-order valence-corrected chi connectivity index (χ0v) is 14.3. The van der Waals surface area contributed by atoms with Gasteiger partial charge in [0.1, 0.15) is 6.04 Å². The maximum Gasteiger partial charge on any atom is 0.318 e. The van der Waals surface area contributed by atoms with Crippen LogP contribution in [0.3, 0.4) is 0 Å². The Kier molecular flexibility index (Phi) is 7.65. The molecule has 0 radical (unpaired) electrons. The summed E-state index contributed by atoms with van der Waals surface area (Å²) in [5, 5.41) is 5.82. The molecule has 6 nitrogen and oxygen atoms in total. The van der Waals surface area contributed by atoms with Gasteiger partial charge in [0.05, 0.1) is 13.2 Å². The van der Waals surface area contributed by atoms with Crippen molar-refractivity contribution in [1.29, 1.82) is 0 Å². The largest absolute Gasteiger partial charge is 0.378 e. The molecule has 0 bridgehead atoms. The first-order valence-corrected chi connectivity index (χ1v) is 9.11. The van der Waals surface area contributed by atoms with Crippen LogP contribution in [0.5, 0.6) is 0 Å². The number of morpholine rings is 1. The molecule has 1 aliphatic carbocycles. The van der Waals surface area contributed by atoms with Crippen molar-refractivity contribution >= 4 is 11.9 Å². The van der Waals surface area contributed by atoms with E-state index in [9.17, 15) is 9.59 Å². The lowest BCUT2D eigenvalue weighted by atomic mass is 9.92. The van der Waals surface area contributed by atoms with Gasteiger partial charge in [-0.1, -0.05) is 38.5 Å². The third kappa shape index (κ3) is 6.01. The van der Waals surface area contributed by atoms with Crippen LogP contribution >= 0.6 is 0 Å². The smallest absolute Gasteiger partial charge is 0.318 e. The van der Waals surface area contributed by atoms with Gasteiger partial charge in [-0.25, -0.2) is 4.79 Å². The standard InChI is InChI=1S/C17H31N3O3/c1-2-18-16(21)15(13-14-7-5-3-4-6-8-14)19-17(22)20-9-11-23-12-10-20/h14-15H,2-13H2,1H3,(H,18,21)(H,19,22)/t15-/m0/s1. The summed E-state index contributed by atoms with van der Waals surface area (Å²) in [6.07, 6.45) is 8.16. The van der Waals surface area contributed by atoms with Crippen LogP contribution in [0.1, 0.15) is 51.9 Å². The highest BCUT2D eigenvalue weighted by Gasteiger charge is 2.27. The number of nitrogens with one attached hydrogen (secondary N) is 2. The molecule has 2 rings (SSSR count). The SMILES string of the molecule is CCNC(=O)[C@H](CC1CCCCCC1)NC(=O)N1CCOCC1. The van der Waals surface area contributed by atoms with E-state index in [1.165, 1.54) is 38.5 Å². The van der Waals surface area contributed by atoms with E-state index in [1.807, 2.05) is 6.92 Å². The van der Waals surface area contributed by atoms with Crippen LogP contribution in [0.4, 0.5) is 4.79 Å². The average Bonchev–Trinajstić information content (AvgIpc) is 2.84. The molecule has 1 aliphatic heterocycles. The number of ether oxygens (including phenoxy) is 1. The van der Waals surface area contributed by atoms with E-state index in [1.54, 1.807) is 4.90 Å². The zero-order valence-electron chi connectivity index (χ0n) is 14.3. The van der Waals surface area contributed by atoms with Gasteiger partial charge >= 0.3 is 6.03 Å². The highest BCUT2D eigenvalue weighted by Crippen LogP contribution is 2.26. The molecule has 0 aromatic heterocycles. The third-order valence-electron chi connectivity index (χ3n) is 4.81. The Hall–Kier alpha value is -1.30. The van der Waals surface area contributed by atoms with Crippen molar-refractivity contribution in [2.24, 2.45) is 5.92 Å². The number of carbonyl (C=O) groups is 2. The number of rotatable bonds is 5. The number of nitrogens with zero attached hydrogens (tertiary/aromatic N) is 1. The second-order valence-electron chi connectivity index (χ2n) is 6.59. The summed E-state index contributed by atoms with van der Waals surface area (Å²) in [6.45, 7) is 4.83. The van der Waals surface area contributed by atoms with Gasteiger partial charge in [0.15, 0.2) is 0 Å². The van der Waals surface area contributed by atoms with Crippen LogP contribution in [0.25, 0.3) is 0 Å². The van der Waals surface area contributed by atoms with Gasteiger partial charge in [0.2, 0.25) is 5.91 Å². The first kappa shape index (κ1) is 18.0. The molecule has 0 aromatic rings. The van der Waals surface area contributed by atoms with Crippen molar-refractivity contribution in [3.05, 3.63) is 0 Å². The lowest BCUT2D eigenvalue weighted by Crippen LogP contribution is -2.54. The van der Waals surface area contributed by atoms with Crippen LogP contribution in [-0.4, -0.2) is 55.7 Å². The number of likely N-dealkylation sites (N-methyl/N-ethyl adjacent to an activating group) is 1. The van der Waals surface area contributed by atoms with Crippen molar-refractivity contribution in [1.82, 2.24) is 15.5 Å². The van der Waals surface area contributed by atoms with Gasteiger partial charge in [-0.3, -0.25) is 4.79 Å². The van der Waals surface area contributed by atoms with Crippen molar-refractivity contribution in [3.8, 4) is 0 Å². The van der Waals surface area contributed by atoms with Gasteiger partial charge in [-0.05, 0) is 19.3 Å². The molecule has 0 aromatic carbocycles. The topological polar surface area (TPSA) is 70.7 Å². The molecular formula is C17H31N3O3. The number of carbonyl (C=O) groups excluding carboxylic acids is 2. The molecule has 0 spiro atoms. The molecular weight excluding hydrogens is 294 g/mol. The minimum absolute atomic E-state index is 0.0571. The summed E-state index contributed by atoms with van der Waals surface area (Å²) < 4.78 is 5.28. The Labute approximate surface area is 139 Å². The maximum absolute atomic E-state index is 12.4. The molecule has 1 saturated carbocycles. The fourth-order valence-electron chi connectivity index (χ4n) is 3.47. The number of hydrogen-bond acceptors (Lipinski definition) is 3. The Morgan fingerprint density at radius 2 is 1.78 bits per heavy atom. The van der Waals surface area contributed by atoms with Gasteiger partial charge in [0.25, 0.3) is 0 Å². The molecule has 1 heterocycles. The van der Waals surface area contributed by atoms with E-state index in [4.69, 9.17) is 4.74 Å². The second kappa shape index (κ2) is 9.75. The normalized spacial score (nSPS) is 21.3. The van der Waals surface area contributed by atoms with E-state index in [-0.39, 0.29) is 11.9 Å². The Balaban J connectivity index is 1.92. The average molecular weight is 325 g/mol. The van der Waals surface area contributed by atoms with Crippen molar-refractivity contribution in [2.45, 2.75) is 57.9 Å². The summed E-state index contributed by atoms with van der Waals surface area (Å²) >= 11 is 0. The Morgan fingerprint density at radius 1 is 1.13 bits per heavy atom. The van der Waals surface area contributed by atoms with E-state index in [0.29, 0.717) is 38.8 Å². The lowest BCUT2D eigenvalue weighted by molar-refractivity contribution is -0.123. The predicted molar refractivity (Wildman–Crippen MR) is 89.2 cm³/mol. The number of hydrogen-bond donors (Lipinski definition) is 2. The quantitative estimate of drug-likeness (QED) is 0.758. The maximum atomic E-state index is 12.4. The van der Waals surface area contributed by atoms with Crippen molar-refractivity contribution < 1.29 is 14.3 Å². The zero-order chi connectivity index (χ0) is 16.5. The minimum Gasteiger partial charge on any atom is -0.378 e.